The maximum atomic E-state index is 7.01. The summed E-state index contributed by atoms with van der Waals surface area (Å²) in [6.07, 6.45) is 3.85. The molecule has 0 aromatic rings. The number of halogens is 1. The predicted octanol–water partition coefficient (Wildman–Crippen LogP) is 1.04. The summed E-state index contributed by atoms with van der Waals surface area (Å²) >= 11 is 2.13. The van der Waals surface area contributed by atoms with Crippen LogP contribution in [0.1, 0.15) is 0 Å². The molecule has 0 bridgehead atoms. The molecular weight excluding hydrogens is 199 g/mol. The molecule has 0 spiro atoms. The van der Waals surface area contributed by atoms with E-state index in [9.17, 15) is 0 Å². The molecule has 34 valence electrons. The molecule has 0 amide bonds. The van der Waals surface area contributed by atoms with E-state index in [1.165, 1.54) is 0 Å². The van der Waals surface area contributed by atoms with Crippen molar-refractivity contribution in [3.8, 4) is 0 Å². The van der Waals surface area contributed by atoms with E-state index in [4.69, 9.17) is 4.55 Å². The lowest BCUT2D eigenvalue weighted by Crippen LogP contribution is -1.73. The summed E-state index contributed by atoms with van der Waals surface area (Å²) < 4.78 is 7.01. The topological polar surface area (TPSA) is 22.9 Å². The minimum Gasteiger partial charge on any atom is -0.388 e. The molecule has 0 aromatic heterocycles. The number of rotatable bonds is 0. The van der Waals surface area contributed by atoms with Crippen LogP contribution in [-0.2, 0) is 0 Å². The summed E-state index contributed by atoms with van der Waals surface area (Å²) in [6, 6.07) is 0. The van der Waals surface area contributed by atoms with Crippen LogP contribution in [0, 0.1) is 0 Å². The van der Waals surface area contributed by atoms with Gasteiger partial charge >= 0.3 is 0 Å². The molecule has 0 unspecified atom stereocenters. The maximum Gasteiger partial charge on any atom is 0.0557 e. The summed E-state index contributed by atoms with van der Waals surface area (Å²) in [4.78, 5) is 0. The Bertz CT molecular complexity index is 25.1. The Kier molecular flexibility index (Phi) is 2.01. The average molecular weight is 207 g/mol. The molecule has 0 aliphatic rings. The Morgan fingerprint density at radius 2 is 1.60 bits per heavy atom. The first-order valence-corrected chi connectivity index (χ1v) is 6.17. The molecule has 0 aromatic carbocycles. The van der Waals surface area contributed by atoms with Gasteiger partial charge in [-0.2, -0.15) is 0 Å². The smallest absolute Gasteiger partial charge is 0.0557 e. The molecule has 2 N–H and O–H groups in total. The SMILES string of the molecule is CS(C)([OH2+])I. The van der Waals surface area contributed by atoms with Gasteiger partial charge in [0.05, 0.1) is 21.2 Å². The molecule has 0 saturated carbocycles. The Morgan fingerprint density at radius 1 is 1.60 bits per heavy atom. The third-order valence-corrected chi connectivity index (χ3v) is 0. The van der Waals surface area contributed by atoms with Gasteiger partial charge in [-0.25, -0.2) is 0 Å². The zero-order chi connectivity index (χ0) is 4.50. The van der Waals surface area contributed by atoms with Crippen molar-refractivity contribution >= 4 is 28.7 Å². The Labute approximate surface area is 45.9 Å². The van der Waals surface area contributed by atoms with Crippen LogP contribution < -0.4 is 0 Å². The third-order valence-electron chi connectivity index (χ3n) is 0. The van der Waals surface area contributed by atoms with Crippen molar-refractivity contribution in [2.45, 2.75) is 0 Å². The highest BCUT2D eigenvalue weighted by Crippen LogP contribution is 2.43. The standard InChI is InChI=1S/C2H7IOS/c1-5(2,3)4/h4H,1-2H3/p+1. The minimum absolute atomic E-state index is 0.947. The molecule has 0 heterocycles. The molecule has 0 aliphatic heterocycles. The summed E-state index contributed by atoms with van der Waals surface area (Å²) in [5, 5.41) is 0. The molecule has 0 aliphatic carbocycles. The highest BCUT2D eigenvalue weighted by atomic mass is 127. The zero-order valence-corrected chi connectivity index (χ0v) is 6.26. The molecule has 0 saturated heterocycles. The van der Waals surface area contributed by atoms with Gasteiger partial charge in [0.15, 0.2) is 0 Å². The van der Waals surface area contributed by atoms with Gasteiger partial charge in [-0.15, -0.1) is 0 Å². The monoisotopic (exact) mass is 207 g/mol. The van der Waals surface area contributed by atoms with Crippen molar-refractivity contribution in [1.82, 2.24) is 0 Å². The maximum absolute atomic E-state index is 7.01. The summed E-state index contributed by atoms with van der Waals surface area (Å²) in [5.41, 5.74) is 0. The second-order valence-electron chi connectivity index (χ2n) is 1.20. The van der Waals surface area contributed by atoms with Crippen molar-refractivity contribution in [2.75, 3.05) is 12.5 Å². The van der Waals surface area contributed by atoms with Gasteiger partial charge in [-0.3, -0.25) is 0 Å². The number of hydrogen-bond donors (Lipinski definition) is 0. The minimum atomic E-state index is -0.947. The van der Waals surface area contributed by atoms with E-state index < -0.39 is 7.48 Å². The van der Waals surface area contributed by atoms with Gasteiger partial charge in [0.1, 0.15) is 0 Å². The van der Waals surface area contributed by atoms with E-state index >= 15 is 0 Å². The molecule has 0 atom stereocenters. The summed E-state index contributed by atoms with van der Waals surface area (Å²) in [6.45, 7) is 0. The van der Waals surface area contributed by atoms with Gasteiger partial charge in [-0.1, -0.05) is 0 Å². The fourth-order valence-electron chi connectivity index (χ4n) is 0. The van der Waals surface area contributed by atoms with Crippen LogP contribution >= 0.6 is 28.7 Å². The van der Waals surface area contributed by atoms with Crippen LogP contribution in [0.5, 0.6) is 0 Å². The average Bonchev–Trinajstić information content (AvgIpc) is 0.722. The molecule has 0 radical (unpaired) electrons. The van der Waals surface area contributed by atoms with Crippen molar-refractivity contribution in [1.29, 1.82) is 0 Å². The summed E-state index contributed by atoms with van der Waals surface area (Å²) in [7, 11) is -0.947. The molecule has 5 heavy (non-hydrogen) atoms. The first-order chi connectivity index (χ1) is 2.00. The van der Waals surface area contributed by atoms with Crippen LogP contribution in [0.3, 0.4) is 0 Å². The fourth-order valence-corrected chi connectivity index (χ4v) is 0. The lowest BCUT2D eigenvalue weighted by atomic mass is 11.9. The lowest BCUT2D eigenvalue weighted by molar-refractivity contribution is 0.655. The van der Waals surface area contributed by atoms with Gasteiger partial charge in [0.2, 0.25) is 0 Å². The van der Waals surface area contributed by atoms with E-state index in [2.05, 4.69) is 21.2 Å². The molecule has 3 heteroatoms. The quantitative estimate of drug-likeness (QED) is 0.418. The van der Waals surface area contributed by atoms with Gasteiger partial charge in [-0.05, 0) is 0 Å². The van der Waals surface area contributed by atoms with Crippen molar-refractivity contribution in [2.24, 2.45) is 0 Å². The van der Waals surface area contributed by atoms with Gasteiger partial charge < -0.3 is 4.55 Å². The Morgan fingerprint density at radius 3 is 1.60 bits per heavy atom. The van der Waals surface area contributed by atoms with Crippen molar-refractivity contribution in [3.05, 3.63) is 0 Å². The van der Waals surface area contributed by atoms with E-state index in [1.807, 2.05) is 12.5 Å². The Balaban J connectivity index is 3.02. The number of hydrogen-bond acceptors (Lipinski definition) is 0. The largest absolute Gasteiger partial charge is 0.388 e. The second kappa shape index (κ2) is 1.66. The molecule has 0 fully saturated rings. The van der Waals surface area contributed by atoms with Gasteiger partial charge in [0, 0.05) is 20.0 Å². The van der Waals surface area contributed by atoms with Crippen LogP contribution in [0.15, 0.2) is 0 Å². The highest BCUT2D eigenvalue weighted by Gasteiger charge is 1.98. The molecule has 0 rings (SSSR count). The first-order valence-electron chi connectivity index (χ1n) is 1.17. The van der Waals surface area contributed by atoms with Crippen LogP contribution in [0.4, 0.5) is 0 Å². The predicted molar refractivity (Wildman–Crippen MR) is 37.1 cm³/mol. The molecule has 1 nitrogen and oxygen atoms in total. The highest BCUT2D eigenvalue weighted by molar-refractivity contribution is 14.2. The molecular formula is C2H8IOS+. The van der Waals surface area contributed by atoms with Crippen LogP contribution in [0.2, 0.25) is 0 Å². The van der Waals surface area contributed by atoms with E-state index in [1.54, 1.807) is 0 Å². The third kappa shape index (κ3) is 43.1. The van der Waals surface area contributed by atoms with Crippen LogP contribution in [-0.4, -0.2) is 17.1 Å². The first kappa shape index (κ1) is 6.04. The second-order valence-corrected chi connectivity index (χ2v) is 10.2. The normalized spacial score (nSPS) is 15.2. The van der Waals surface area contributed by atoms with Crippen LogP contribution in [0.25, 0.3) is 0 Å². The lowest BCUT2D eigenvalue weighted by Gasteiger charge is -2.04. The van der Waals surface area contributed by atoms with E-state index in [0.717, 1.165) is 0 Å². The van der Waals surface area contributed by atoms with E-state index in [-0.39, 0.29) is 0 Å². The van der Waals surface area contributed by atoms with Gasteiger partial charge in [0.25, 0.3) is 0 Å². The fraction of sp³-hybridized carbons (Fsp3) is 1.00. The zero-order valence-electron chi connectivity index (χ0n) is 3.29. The summed E-state index contributed by atoms with van der Waals surface area (Å²) in [5.74, 6) is 0. The van der Waals surface area contributed by atoms with Crippen molar-refractivity contribution in [3.63, 3.8) is 0 Å². The Hall–Kier alpha value is 1.04. The van der Waals surface area contributed by atoms with E-state index in [0.29, 0.717) is 0 Å². The van der Waals surface area contributed by atoms with Crippen molar-refractivity contribution < 1.29 is 4.55 Å².